The van der Waals surface area contributed by atoms with Gasteiger partial charge in [0.2, 0.25) is 5.91 Å². The van der Waals surface area contributed by atoms with Crippen molar-refractivity contribution in [1.82, 2.24) is 10.1 Å². The van der Waals surface area contributed by atoms with Crippen LogP contribution in [0.15, 0.2) is 40.9 Å². The van der Waals surface area contributed by atoms with Gasteiger partial charge in [0.05, 0.1) is 6.04 Å². The highest BCUT2D eigenvalue weighted by atomic mass is 16.5. The van der Waals surface area contributed by atoms with Crippen LogP contribution in [0.3, 0.4) is 0 Å². The molecule has 0 saturated carbocycles. The fourth-order valence-corrected chi connectivity index (χ4v) is 3.87. The lowest BCUT2D eigenvalue weighted by atomic mass is 9.75. The number of carbonyl (C=O) groups is 1. The van der Waals surface area contributed by atoms with Crippen LogP contribution >= 0.6 is 0 Å². The van der Waals surface area contributed by atoms with E-state index in [2.05, 4.69) is 59.6 Å². The van der Waals surface area contributed by atoms with E-state index in [1.807, 2.05) is 6.92 Å². The Morgan fingerprint density at radius 1 is 1.40 bits per heavy atom. The van der Waals surface area contributed by atoms with E-state index in [9.17, 15) is 4.79 Å². The summed E-state index contributed by atoms with van der Waals surface area (Å²) in [6, 6.07) is 12.2. The molecule has 1 aliphatic heterocycles. The first-order valence-electron chi connectivity index (χ1n) is 9.05. The molecule has 2 atom stereocenters. The number of carbonyl (C=O) groups excluding carboxylic acids is 1. The quantitative estimate of drug-likeness (QED) is 0.900. The Bertz CT molecular complexity index is 713. The van der Waals surface area contributed by atoms with Crippen LogP contribution in [0, 0.1) is 6.92 Å². The standard InChI is InChI=1S/C20H27N3O2/c1-4-17(19(24)21-18-13-15(2)25-22-18)23-12-8-11-20(3,14-23)16-9-6-5-7-10-16/h5-7,9-10,13,17H,4,8,11-12,14H2,1-3H3,(H,21,22,24). The van der Waals surface area contributed by atoms with E-state index in [0.29, 0.717) is 11.6 Å². The third kappa shape index (κ3) is 3.93. The topological polar surface area (TPSA) is 58.4 Å². The van der Waals surface area contributed by atoms with Gasteiger partial charge in [-0.3, -0.25) is 9.69 Å². The lowest BCUT2D eigenvalue weighted by molar-refractivity contribution is -0.122. The second-order valence-electron chi connectivity index (χ2n) is 7.24. The maximum Gasteiger partial charge on any atom is 0.242 e. The largest absolute Gasteiger partial charge is 0.360 e. The first-order valence-corrected chi connectivity index (χ1v) is 9.05. The van der Waals surface area contributed by atoms with Gasteiger partial charge in [-0.1, -0.05) is 49.3 Å². The van der Waals surface area contributed by atoms with Gasteiger partial charge in [0, 0.05) is 18.0 Å². The summed E-state index contributed by atoms with van der Waals surface area (Å²) in [5.74, 6) is 1.18. The minimum absolute atomic E-state index is 0.00638. The molecule has 1 aromatic carbocycles. The van der Waals surface area contributed by atoms with Crippen molar-refractivity contribution in [3.05, 3.63) is 47.7 Å². The number of rotatable bonds is 5. The van der Waals surface area contributed by atoms with E-state index in [-0.39, 0.29) is 17.4 Å². The summed E-state index contributed by atoms with van der Waals surface area (Å²) in [6.45, 7) is 8.02. The molecule has 0 bridgehead atoms. The highest BCUT2D eigenvalue weighted by Gasteiger charge is 2.37. The van der Waals surface area contributed by atoms with Crippen molar-refractivity contribution in [2.24, 2.45) is 0 Å². The molecular weight excluding hydrogens is 314 g/mol. The van der Waals surface area contributed by atoms with E-state index in [4.69, 9.17) is 4.52 Å². The van der Waals surface area contributed by atoms with Gasteiger partial charge in [-0.2, -0.15) is 0 Å². The highest BCUT2D eigenvalue weighted by molar-refractivity contribution is 5.94. The predicted molar refractivity (Wildman–Crippen MR) is 98.5 cm³/mol. The van der Waals surface area contributed by atoms with E-state index in [0.717, 1.165) is 32.4 Å². The highest BCUT2D eigenvalue weighted by Crippen LogP contribution is 2.34. The number of aryl methyl sites for hydroxylation is 1. The number of nitrogens with zero attached hydrogens (tertiary/aromatic N) is 2. The molecule has 2 heterocycles. The SMILES string of the molecule is CCC(C(=O)Nc1cc(C)on1)N1CCCC(C)(c2ccccc2)C1. The van der Waals surface area contributed by atoms with Crippen molar-refractivity contribution in [2.75, 3.05) is 18.4 Å². The van der Waals surface area contributed by atoms with Gasteiger partial charge in [-0.25, -0.2) is 0 Å². The van der Waals surface area contributed by atoms with Crippen molar-refractivity contribution in [3.63, 3.8) is 0 Å². The molecule has 25 heavy (non-hydrogen) atoms. The van der Waals surface area contributed by atoms with E-state index < -0.39 is 0 Å². The number of hydrogen-bond donors (Lipinski definition) is 1. The Kier molecular flexibility index (Phi) is 5.23. The van der Waals surface area contributed by atoms with Gasteiger partial charge in [-0.15, -0.1) is 0 Å². The van der Waals surface area contributed by atoms with Gasteiger partial charge in [0.1, 0.15) is 5.76 Å². The first kappa shape index (κ1) is 17.7. The van der Waals surface area contributed by atoms with E-state index in [1.165, 1.54) is 5.56 Å². The summed E-state index contributed by atoms with van der Waals surface area (Å²) < 4.78 is 5.04. The average Bonchev–Trinajstić information content (AvgIpc) is 3.01. The fourth-order valence-electron chi connectivity index (χ4n) is 3.87. The minimum Gasteiger partial charge on any atom is -0.360 e. The number of nitrogens with one attached hydrogen (secondary N) is 1. The van der Waals surface area contributed by atoms with Crippen LogP contribution in [0.2, 0.25) is 0 Å². The van der Waals surface area contributed by atoms with Crippen molar-refractivity contribution < 1.29 is 9.32 Å². The van der Waals surface area contributed by atoms with Gasteiger partial charge in [0.25, 0.3) is 0 Å². The summed E-state index contributed by atoms with van der Waals surface area (Å²) in [6.07, 6.45) is 3.01. The van der Waals surface area contributed by atoms with Crippen LogP contribution in [0.25, 0.3) is 0 Å². The maximum absolute atomic E-state index is 12.8. The molecule has 0 radical (unpaired) electrons. The first-order chi connectivity index (χ1) is 12.0. The van der Waals surface area contributed by atoms with Crippen LogP contribution < -0.4 is 5.32 Å². The molecule has 2 unspecified atom stereocenters. The fraction of sp³-hybridized carbons (Fsp3) is 0.500. The van der Waals surface area contributed by atoms with Crippen LogP contribution in [0.1, 0.15) is 44.4 Å². The normalized spacial score (nSPS) is 22.5. The zero-order valence-electron chi connectivity index (χ0n) is 15.3. The summed E-state index contributed by atoms with van der Waals surface area (Å²) in [4.78, 5) is 15.1. The smallest absolute Gasteiger partial charge is 0.242 e. The Morgan fingerprint density at radius 3 is 2.80 bits per heavy atom. The Hall–Kier alpha value is -2.14. The molecule has 1 saturated heterocycles. The molecule has 1 fully saturated rings. The molecule has 3 rings (SSSR count). The molecule has 1 N–H and O–H groups in total. The number of hydrogen-bond acceptors (Lipinski definition) is 4. The summed E-state index contributed by atoms with van der Waals surface area (Å²) in [5.41, 5.74) is 1.43. The van der Waals surface area contributed by atoms with Gasteiger partial charge in [0.15, 0.2) is 5.82 Å². The van der Waals surface area contributed by atoms with E-state index >= 15 is 0 Å². The van der Waals surface area contributed by atoms with Crippen LogP contribution in [0.4, 0.5) is 5.82 Å². The number of anilines is 1. The molecule has 1 amide bonds. The molecule has 2 aromatic rings. The average molecular weight is 341 g/mol. The zero-order chi connectivity index (χ0) is 17.9. The second-order valence-corrected chi connectivity index (χ2v) is 7.24. The Balaban J connectivity index is 1.73. The summed E-state index contributed by atoms with van der Waals surface area (Å²) >= 11 is 0. The molecule has 5 nitrogen and oxygen atoms in total. The van der Waals surface area contributed by atoms with Gasteiger partial charge < -0.3 is 9.84 Å². The number of amides is 1. The lowest BCUT2D eigenvalue weighted by Gasteiger charge is -2.43. The van der Waals surface area contributed by atoms with Crippen molar-refractivity contribution in [2.45, 2.75) is 51.5 Å². The third-order valence-electron chi connectivity index (χ3n) is 5.21. The summed E-state index contributed by atoms with van der Waals surface area (Å²) in [7, 11) is 0. The lowest BCUT2D eigenvalue weighted by Crippen LogP contribution is -2.52. The molecule has 1 aliphatic rings. The van der Waals surface area contributed by atoms with Crippen molar-refractivity contribution >= 4 is 11.7 Å². The minimum atomic E-state index is -0.152. The Labute approximate surface area is 149 Å². The van der Waals surface area contributed by atoms with Crippen molar-refractivity contribution in [1.29, 1.82) is 0 Å². The van der Waals surface area contributed by atoms with Crippen LogP contribution in [-0.4, -0.2) is 35.1 Å². The van der Waals surface area contributed by atoms with E-state index in [1.54, 1.807) is 6.07 Å². The van der Waals surface area contributed by atoms with Gasteiger partial charge >= 0.3 is 0 Å². The molecular formula is C20H27N3O2. The molecule has 1 aromatic heterocycles. The number of likely N-dealkylation sites (tertiary alicyclic amines) is 1. The Morgan fingerprint density at radius 2 is 2.16 bits per heavy atom. The van der Waals surface area contributed by atoms with Gasteiger partial charge in [-0.05, 0) is 38.3 Å². The zero-order valence-corrected chi connectivity index (χ0v) is 15.3. The molecule has 134 valence electrons. The maximum atomic E-state index is 12.8. The molecule has 5 heteroatoms. The molecule has 0 spiro atoms. The predicted octanol–water partition coefficient (Wildman–Crippen LogP) is 3.75. The van der Waals surface area contributed by atoms with Crippen LogP contribution in [-0.2, 0) is 10.2 Å². The monoisotopic (exact) mass is 341 g/mol. The van der Waals surface area contributed by atoms with Crippen molar-refractivity contribution in [3.8, 4) is 0 Å². The number of aromatic nitrogens is 1. The number of piperidine rings is 1. The third-order valence-corrected chi connectivity index (χ3v) is 5.21. The number of benzene rings is 1. The molecule has 0 aliphatic carbocycles. The summed E-state index contributed by atoms with van der Waals surface area (Å²) in [5, 5.41) is 6.76. The van der Waals surface area contributed by atoms with Crippen LogP contribution in [0.5, 0.6) is 0 Å². The second kappa shape index (κ2) is 7.40.